The molecule has 7 nitrogen and oxygen atoms in total. The van der Waals surface area contributed by atoms with Crippen molar-refractivity contribution in [3.63, 3.8) is 0 Å². The van der Waals surface area contributed by atoms with E-state index in [-0.39, 0.29) is 24.0 Å². The first kappa shape index (κ1) is 24.4. The van der Waals surface area contributed by atoms with Gasteiger partial charge in [-0.3, -0.25) is 9.67 Å². The van der Waals surface area contributed by atoms with Crippen molar-refractivity contribution in [1.29, 1.82) is 0 Å². The molecular formula is C22H36IN7. The van der Waals surface area contributed by atoms with Crippen LogP contribution < -0.4 is 15.5 Å². The number of rotatable bonds is 7. The zero-order valence-electron chi connectivity index (χ0n) is 18.5. The van der Waals surface area contributed by atoms with E-state index in [0.717, 1.165) is 55.6 Å². The first-order valence-corrected chi connectivity index (χ1v) is 10.8. The third-order valence-corrected chi connectivity index (χ3v) is 5.37. The Balaban J connectivity index is 0.00000320. The smallest absolute Gasteiger partial charge is 0.191 e. The summed E-state index contributed by atoms with van der Waals surface area (Å²) in [4.78, 5) is 11.4. The van der Waals surface area contributed by atoms with Gasteiger partial charge in [0.2, 0.25) is 0 Å². The van der Waals surface area contributed by atoms with Crippen molar-refractivity contribution in [2.45, 2.75) is 59.0 Å². The Morgan fingerprint density at radius 1 is 1.10 bits per heavy atom. The maximum Gasteiger partial charge on any atom is 0.191 e. The first-order chi connectivity index (χ1) is 14.2. The number of aryl methyl sites for hydroxylation is 3. The van der Waals surface area contributed by atoms with Crippen LogP contribution in [-0.2, 0) is 13.1 Å². The minimum atomic E-state index is 0. The molecule has 2 N–H and O–H groups in total. The van der Waals surface area contributed by atoms with Gasteiger partial charge in [-0.25, -0.2) is 4.98 Å². The molecule has 0 unspecified atom stereocenters. The highest BCUT2D eigenvalue weighted by molar-refractivity contribution is 14.0. The molecule has 0 amide bonds. The molecule has 166 valence electrons. The van der Waals surface area contributed by atoms with E-state index in [1.165, 1.54) is 31.4 Å². The van der Waals surface area contributed by atoms with Crippen molar-refractivity contribution < 1.29 is 0 Å². The Labute approximate surface area is 197 Å². The Morgan fingerprint density at radius 3 is 2.47 bits per heavy atom. The fraction of sp³-hybridized carbons (Fsp3) is 0.591. The highest BCUT2D eigenvalue weighted by Gasteiger charge is 2.10. The molecule has 0 aromatic carbocycles. The summed E-state index contributed by atoms with van der Waals surface area (Å²) >= 11 is 0. The summed E-state index contributed by atoms with van der Waals surface area (Å²) in [5.41, 5.74) is 3.44. The van der Waals surface area contributed by atoms with E-state index >= 15 is 0 Å². The highest BCUT2D eigenvalue weighted by Crippen LogP contribution is 2.17. The minimum absolute atomic E-state index is 0. The van der Waals surface area contributed by atoms with Crippen LogP contribution >= 0.6 is 24.0 Å². The average molecular weight is 525 g/mol. The normalized spacial score (nSPS) is 14.8. The topological polar surface area (TPSA) is 70.4 Å². The van der Waals surface area contributed by atoms with Crippen molar-refractivity contribution in [2.75, 3.05) is 31.6 Å². The van der Waals surface area contributed by atoms with Gasteiger partial charge in [-0.2, -0.15) is 5.10 Å². The van der Waals surface area contributed by atoms with Gasteiger partial charge in [0.25, 0.3) is 0 Å². The average Bonchev–Trinajstić information content (AvgIpc) is 2.91. The number of aliphatic imine (C=N–C) groups is 1. The molecule has 0 bridgehead atoms. The number of anilines is 1. The van der Waals surface area contributed by atoms with Crippen molar-refractivity contribution in [3.05, 3.63) is 41.3 Å². The molecule has 0 atom stereocenters. The number of hydrogen-bond acceptors (Lipinski definition) is 4. The van der Waals surface area contributed by atoms with Crippen LogP contribution in [-0.4, -0.2) is 47.4 Å². The number of guanidine groups is 1. The summed E-state index contributed by atoms with van der Waals surface area (Å²) in [6.07, 6.45) is 8.19. The molecule has 1 aliphatic heterocycles. The van der Waals surface area contributed by atoms with Crippen molar-refractivity contribution in [1.82, 2.24) is 25.4 Å². The zero-order valence-corrected chi connectivity index (χ0v) is 20.9. The van der Waals surface area contributed by atoms with Gasteiger partial charge < -0.3 is 15.5 Å². The van der Waals surface area contributed by atoms with Crippen LogP contribution in [0, 0.1) is 13.8 Å². The molecule has 2 aromatic heterocycles. The summed E-state index contributed by atoms with van der Waals surface area (Å²) in [6.45, 7) is 8.85. The lowest BCUT2D eigenvalue weighted by Gasteiger charge is -2.21. The summed E-state index contributed by atoms with van der Waals surface area (Å²) in [5.74, 6) is 1.91. The molecule has 0 spiro atoms. The second-order valence-electron chi connectivity index (χ2n) is 7.78. The molecule has 2 aromatic rings. The van der Waals surface area contributed by atoms with Gasteiger partial charge in [-0.05, 0) is 50.8 Å². The van der Waals surface area contributed by atoms with Crippen LogP contribution in [0.15, 0.2) is 29.4 Å². The van der Waals surface area contributed by atoms with Crippen LogP contribution in [0.2, 0.25) is 0 Å². The standard InChI is InChI=1S/C22H35N7.HI/c1-18-15-19(2)29(27-18)14-8-11-24-22(23-3)26-17-20-9-10-21(25-16-20)28-12-6-4-5-7-13-28;/h9-10,15-16H,4-8,11-14,17H2,1-3H3,(H2,23,24,26);1H. The van der Waals surface area contributed by atoms with Gasteiger partial charge in [-0.1, -0.05) is 18.9 Å². The molecule has 1 saturated heterocycles. The number of aromatic nitrogens is 3. The molecule has 30 heavy (non-hydrogen) atoms. The minimum Gasteiger partial charge on any atom is -0.357 e. The van der Waals surface area contributed by atoms with Gasteiger partial charge in [0.1, 0.15) is 5.82 Å². The van der Waals surface area contributed by atoms with Crippen molar-refractivity contribution in [2.24, 2.45) is 4.99 Å². The predicted octanol–water partition coefficient (Wildman–Crippen LogP) is 3.65. The zero-order chi connectivity index (χ0) is 20.5. The summed E-state index contributed by atoms with van der Waals surface area (Å²) in [5, 5.41) is 11.2. The summed E-state index contributed by atoms with van der Waals surface area (Å²) in [7, 11) is 1.80. The fourth-order valence-corrected chi connectivity index (χ4v) is 3.75. The van der Waals surface area contributed by atoms with Gasteiger partial charge in [0.15, 0.2) is 5.96 Å². The monoisotopic (exact) mass is 525 g/mol. The summed E-state index contributed by atoms with van der Waals surface area (Å²) in [6, 6.07) is 6.42. The molecule has 0 radical (unpaired) electrons. The first-order valence-electron chi connectivity index (χ1n) is 10.8. The van der Waals surface area contributed by atoms with E-state index < -0.39 is 0 Å². The molecule has 8 heteroatoms. The fourth-order valence-electron chi connectivity index (χ4n) is 3.75. The van der Waals surface area contributed by atoms with Gasteiger partial charge in [-0.15, -0.1) is 24.0 Å². The number of hydrogen-bond donors (Lipinski definition) is 2. The molecule has 0 aliphatic carbocycles. The van der Waals surface area contributed by atoms with E-state index in [2.05, 4.69) is 60.4 Å². The number of pyridine rings is 1. The van der Waals surface area contributed by atoms with Gasteiger partial charge in [0, 0.05) is 51.7 Å². The molecule has 0 saturated carbocycles. The van der Waals surface area contributed by atoms with E-state index in [1.807, 2.05) is 13.1 Å². The SMILES string of the molecule is CN=C(NCCCn1nc(C)cc1C)NCc1ccc(N2CCCCCC2)nc1.I. The second-order valence-corrected chi connectivity index (χ2v) is 7.78. The quantitative estimate of drug-likeness (QED) is 0.250. The highest BCUT2D eigenvalue weighted by atomic mass is 127. The Morgan fingerprint density at radius 2 is 1.87 bits per heavy atom. The van der Waals surface area contributed by atoms with Gasteiger partial charge >= 0.3 is 0 Å². The third-order valence-electron chi connectivity index (χ3n) is 5.37. The molecule has 3 heterocycles. The molecule has 3 rings (SSSR count). The lowest BCUT2D eigenvalue weighted by atomic mass is 10.2. The van der Waals surface area contributed by atoms with Crippen LogP contribution in [0.25, 0.3) is 0 Å². The predicted molar refractivity (Wildman–Crippen MR) is 135 cm³/mol. The van der Waals surface area contributed by atoms with Crippen LogP contribution in [0.1, 0.15) is 49.1 Å². The molecule has 1 fully saturated rings. The van der Waals surface area contributed by atoms with Crippen LogP contribution in [0.4, 0.5) is 5.82 Å². The molecule has 1 aliphatic rings. The largest absolute Gasteiger partial charge is 0.357 e. The maximum absolute atomic E-state index is 4.68. The Bertz CT molecular complexity index is 777. The lowest BCUT2D eigenvalue weighted by molar-refractivity contribution is 0.555. The van der Waals surface area contributed by atoms with E-state index in [9.17, 15) is 0 Å². The summed E-state index contributed by atoms with van der Waals surface area (Å²) < 4.78 is 2.06. The third kappa shape index (κ3) is 7.45. The molecular weight excluding hydrogens is 489 g/mol. The Hall–Kier alpha value is -1.84. The van der Waals surface area contributed by atoms with Gasteiger partial charge in [0.05, 0.1) is 5.69 Å². The van der Waals surface area contributed by atoms with Crippen LogP contribution in [0.3, 0.4) is 0 Å². The van der Waals surface area contributed by atoms with Crippen LogP contribution in [0.5, 0.6) is 0 Å². The van der Waals surface area contributed by atoms with Crippen molar-refractivity contribution >= 4 is 35.8 Å². The van der Waals surface area contributed by atoms with E-state index in [0.29, 0.717) is 6.54 Å². The second kappa shape index (κ2) is 12.8. The lowest BCUT2D eigenvalue weighted by Crippen LogP contribution is -2.37. The number of halogens is 1. The number of nitrogens with one attached hydrogen (secondary N) is 2. The van der Waals surface area contributed by atoms with E-state index in [4.69, 9.17) is 0 Å². The maximum atomic E-state index is 4.68. The van der Waals surface area contributed by atoms with Crippen molar-refractivity contribution in [3.8, 4) is 0 Å². The Kier molecular flexibility index (Phi) is 10.4. The number of nitrogens with zero attached hydrogens (tertiary/aromatic N) is 5. The van der Waals surface area contributed by atoms with E-state index in [1.54, 1.807) is 7.05 Å².